The molecule has 0 saturated heterocycles. The van der Waals surface area contributed by atoms with Gasteiger partial charge in [0.05, 0.1) is 5.60 Å². The molecule has 2 saturated carbocycles. The summed E-state index contributed by atoms with van der Waals surface area (Å²) in [6.45, 7) is 3.44. The predicted molar refractivity (Wildman–Crippen MR) is 57.2 cm³/mol. The lowest BCUT2D eigenvalue weighted by molar-refractivity contribution is -0.122. The van der Waals surface area contributed by atoms with Crippen molar-refractivity contribution < 1.29 is 9.90 Å². The summed E-state index contributed by atoms with van der Waals surface area (Å²) in [5, 5.41) is 9.95. The molecule has 2 bridgehead atoms. The van der Waals surface area contributed by atoms with Crippen LogP contribution in [0.4, 0.5) is 0 Å². The SMILES string of the molecule is CC(C)(O)C1=C[C@H]2[C@H]3CC[C@H](C3)[C@H]2C1=O. The number of hydrogen-bond donors (Lipinski definition) is 1. The number of rotatable bonds is 1. The summed E-state index contributed by atoms with van der Waals surface area (Å²) in [6, 6.07) is 0. The highest BCUT2D eigenvalue weighted by molar-refractivity contribution is 6.02. The molecule has 4 atom stereocenters. The van der Waals surface area contributed by atoms with Crippen molar-refractivity contribution in [3.05, 3.63) is 11.6 Å². The van der Waals surface area contributed by atoms with Crippen LogP contribution < -0.4 is 0 Å². The van der Waals surface area contributed by atoms with Gasteiger partial charge in [0.15, 0.2) is 5.78 Å². The van der Waals surface area contributed by atoms with E-state index < -0.39 is 5.60 Å². The maximum Gasteiger partial charge on any atom is 0.165 e. The lowest BCUT2D eigenvalue weighted by Gasteiger charge is -2.23. The second kappa shape index (κ2) is 2.73. The number of ketones is 1. The molecule has 0 aromatic rings. The monoisotopic (exact) mass is 206 g/mol. The van der Waals surface area contributed by atoms with E-state index in [1.165, 1.54) is 19.3 Å². The summed E-state index contributed by atoms with van der Waals surface area (Å²) in [5.74, 6) is 2.26. The van der Waals surface area contributed by atoms with Crippen molar-refractivity contribution >= 4 is 5.78 Å². The Bertz CT molecular complexity index is 348. The molecular weight excluding hydrogens is 188 g/mol. The highest BCUT2D eigenvalue weighted by Crippen LogP contribution is 2.57. The molecule has 3 aliphatic carbocycles. The summed E-state index contributed by atoms with van der Waals surface area (Å²) >= 11 is 0. The lowest BCUT2D eigenvalue weighted by Crippen LogP contribution is -2.30. The van der Waals surface area contributed by atoms with Crippen molar-refractivity contribution in [2.45, 2.75) is 38.7 Å². The summed E-state index contributed by atoms with van der Waals surface area (Å²) in [5.41, 5.74) is -0.268. The smallest absolute Gasteiger partial charge is 0.165 e. The van der Waals surface area contributed by atoms with Crippen LogP contribution in [-0.4, -0.2) is 16.5 Å². The molecule has 2 nitrogen and oxygen atoms in total. The van der Waals surface area contributed by atoms with Crippen LogP contribution in [0.2, 0.25) is 0 Å². The van der Waals surface area contributed by atoms with Crippen molar-refractivity contribution in [3.63, 3.8) is 0 Å². The van der Waals surface area contributed by atoms with Gasteiger partial charge in [-0.2, -0.15) is 0 Å². The quantitative estimate of drug-likeness (QED) is 0.711. The Kier molecular flexibility index (Phi) is 1.75. The number of aliphatic hydroxyl groups is 1. The minimum atomic E-state index is -0.944. The first-order chi connectivity index (χ1) is 6.98. The minimum Gasteiger partial charge on any atom is -0.386 e. The maximum atomic E-state index is 12.2. The van der Waals surface area contributed by atoms with Gasteiger partial charge in [0.2, 0.25) is 0 Å². The molecule has 0 aromatic carbocycles. The molecule has 2 heteroatoms. The van der Waals surface area contributed by atoms with Crippen molar-refractivity contribution in [2.75, 3.05) is 0 Å². The van der Waals surface area contributed by atoms with E-state index in [0.29, 0.717) is 17.4 Å². The van der Waals surface area contributed by atoms with Gasteiger partial charge in [-0.1, -0.05) is 6.08 Å². The van der Waals surface area contributed by atoms with Gasteiger partial charge in [-0.05, 0) is 50.9 Å². The fraction of sp³-hybridized carbons (Fsp3) is 0.769. The van der Waals surface area contributed by atoms with Crippen LogP contribution in [0, 0.1) is 23.7 Å². The molecule has 0 aromatic heterocycles. The van der Waals surface area contributed by atoms with E-state index in [0.717, 1.165) is 5.92 Å². The fourth-order valence-corrected chi connectivity index (χ4v) is 3.92. The molecule has 0 aliphatic heterocycles. The normalized spacial score (nSPS) is 43.4. The predicted octanol–water partition coefficient (Wildman–Crippen LogP) is 1.93. The number of hydrogen-bond acceptors (Lipinski definition) is 2. The summed E-state index contributed by atoms with van der Waals surface area (Å²) in [7, 11) is 0. The summed E-state index contributed by atoms with van der Waals surface area (Å²) < 4.78 is 0. The van der Waals surface area contributed by atoms with Gasteiger partial charge >= 0.3 is 0 Å². The summed E-state index contributed by atoms with van der Waals surface area (Å²) in [4.78, 5) is 12.2. The van der Waals surface area contributed by atoms with E-state index in [9.17, 15) is 9.90 Å². The molecule has 3 rings (SSSR count). The Hall–Kier alpha value is -0.630. The first kappa shape index (κ1) is 9.59. The molecule has 0 heterocycles. The topological polar surface area (TPSA) is 37.3 Å². The number of carbonyl (C=O) groups excluding carboxylic acids is 1. The Labute approximate surface area is 90.4 Å². The van der Waals surface area contributed by atoms with E-state index in [1.54, 1.807) is 13.8 Å². The number of allylic oxidation sites excluding steroid dienone is 1. The largest absolute Gasteiger partial charge is 0.386 e. The van der Waals surface area contributed by atoms with Crippen LogP contribution in [-0.2, 0) is 4.79 Å². The molecule has 3 aliphatic rings. The minimum absolute atomic E-state index is 0.227. The standard InChI is InChI=1S/C13H18O2/c1-13(2,15)10-6-9-7-3-4-8(5-7)11(9)12(10)14/h6-9,11,15H,3-5H2,1-2H3/t7-,8+,9-,11+/m0/s1. The molecule has 0 spiro atoms. The van der Waals surface area contributed by atoms with Crippen molar-refractivity contribution in [3.8, 4) is 0 Å². The Morgan fingerprint density at radius 3 is 2.60 bits per heavy atom. The molecule has 82 valence electrons. The van der Waals surface area contributed by atoms with Gasteiger partial charge in [0, 0.05) is 11.5 Å². The molecule has 15 heavy (non-hydrogen) atoms. The fourth-order valence-electron chi connectivity index (χ4n) is 3.92. The number of carbonyl (C=O) groups is 1. The molecule has 0 radical (unpaired) electrons. The van der Waals surface area contributed by atoms with E-state index in [1.807, 2.05) is 0 Å². The van der Waals surface area contributed by atoms with Gasteiger partial charge < -0.3 is 5.11 Å². The van der Waals surface area contributed by atoms with Crippen LogP contribution in [0.5, 0.6) is 0 Å². The first-order valence-electron chi connectivity index (χ1n) is 5.97. The molecule has 2 fully saturated rings. The molecule has 0 amide bonds. The zero-order valence-corrected chi connectivity index (χ0v) is 9.36. The highest BCUT2D eigenvalue weighted by Gasteiger charge is 2.54. The van der Waals surface area contributed by atoms with E-state index in [-0.39, 0.29) is 11.7 Å². The molecule has 0 unspecified atom stereocenters. The number of Topliss-reactive ketones (excluding diaryl/α,β-unsaturated/α-hetero) is 1. The third-order valence-electron chi connectivity index (χ3n) is 4.57. The van der Waals surface area contributed by atoms with Gasteiger partial charge in [-0.3, -0.25) is 4.79 Å². The van der Waals surface area contributed by atoms with Crippen LogP contribution in [0.15, 0.2) is 11.6 Å². The van der Waals surface area contributed by atoms with Crippen LogP contribution >= 0.6 is 0 Å². The van der Waals surface area contributed by atoms with Gasteiger partial charge in [0.1, 0.15) is 0 Å². The zero-order chi connectivity index (χ0) is 10.8. The average Bonchev–Trinajstić information content (AvgIpc) is 2.73. The molecular formula is C13H18O2. The van der Waals surface area contributed by atoms with E-state index in [4.69, 9.17) is 0 Å². The Balaban J connectivity index is 1.97. The second-order valence-corrected chi connectivity index (χ2v) is 5.94. The van der Waals surface area contributed by atoms with Crippen molar-refractivity contribution in [1.82, 2.24) is 0 Å². The highest BCUT2D eigenvalue weighted by atomic mass is 16.3. The third-order valence-corrected chi connectivity index (χ3v) is 4.57. The van der Waals surface area contributed by atoms with Gasteiger partial charge in [-0.15, -0.1) is 0 Å². The maximum absolute atomic E-state index is 12.2. The van der Waals surface area contributed by atoms with Gasteiger partial charge in [0.25, 0.3) is 0 Å². The van der Waals surface area contributed by atoms with E-state index in [2.05, 4.69) is 6.08 Å². The Morgan fingerprint density at radius 1 is 1.33 bits per heavy atom. The third kappa shape index (κ3) is 1.17. The lowest BCUT2D eigenvalue weighted by atomic mass is 9.80. The molecule has 1 N–H and O–H groups in total. The van der Waals surface area contributed by atoms with Gasteiger partial charge in [-0.25, -0.2) is 0 Å². The Morgan fingerprint density at radius 2 is 2.00 bits per heavy atom. The first-order valence-corrected chi connectivity index (χ1v) is 5.97. The van der Waals surface area contributed by atoms with Crippen molar-refractivity contribution in [2.24, 2.45) is 23.7 Å². The van der Waals surface area contributed by atoms with Crippen LogP contribution in [0.3, 0.4) is 0 Å². The zero-order valence-electron chi connectivity index (χ0n) is 9.36. The second-order valence-electron chi connectivity index (χ2n) is 5.94. The van der Waals surface area contributed by atoms with Crippen LogP contribution in [0.1, 0.15) is 33.1 Å². The average molecular weight is 206 g/mol. The van der Waals surface area contributed by atoms with Crippen molar-refractivity contribution in [1.29, 1.82) is 0 Å². The summed E-state index contributed by atoms with van der Waals surface area (Å²) in [6.07, 6.45) is 5.84. The number of fused-ring (bicyclic) bond motifs is 5. The van der Waals surface area contributed by atoms with Crippen LogP contribution in [0.25, 0.3) is 0 Å². The van der Waals surface area contributed by atoms with E-state index >= 15 is 0 Å².